The summed E-state index contributed by atoms with van der Waals surface area (Å²) in [6.45, 7) is 7.61. The second-order valence-corrected chi connectivity index (χ2v) is 9.70. The molecule has 0 bridgehead atoms. The van der Waals surface area contributed by atoms with E-state index in [2.05, 4.69) is 35.6 Å². The molecule has 1 atom stereocenters. The van der Waals surface area contributed by atoms with Gasteiger partial charge >= 0.3 is 0 Å². The van der Waals surface area contributed by atoms with Crippen molar-refractivity contribution in [3.63, 3.8) is 0 Å². The van der Waals surface area contributed by atoms with Crippen molar-refractivity contribution in [3.8, 4) is 0 Å². The maximum absolute atomic E-state index is 12.5. The van der Waals surface area contributed by atoms with E-state index in [-0.39, 0.29) is 16.4 Å². The van der Waals surface area contributed by atoms with E-state index in [0.717, 1.165) is 18.5 Å². The van der Waals surface area contributed by atoms with Crippen LogP contribution in [0.2, 0.25) is 0 Å². The fourth-order valence-corrected chi connectivity index (χ4v) is 4.44. The molecule has 3 rings (SSSR count). The number of anilines is 1. The first kappa shape index (κ1) is 17.4. The SMILES string of the molecule is CC(C)(C)Cc1csc(NS(=O)(=O)c2cnn(C3CCOC3)c2)n1. The van der Waals surface area contributed by atoms with Gasteiger partial charge in [0.25, 0.3) is 10.0 Å². The van der Waals surface area contributed by atoms with Crippen molar-refractivity contribution in [2.24, 2.45) is 5.41 Å². The molecule has 132 valence electrons. The summed E-state index contributed by atoms with van der Waals surface area (Å²) in [5.41, 5.74) is 0.998. The highest BCUT2D eigenvalue weighted by molar-refractivity contribution is 7.93. The predicted octanol–water partition coefficient (Wildman–Crippen LogP) is 2.69. The minimum Gasteiger partial charge on any atom is -0.379 e. The van der Waals surface area contributed by atoms with Gasteiger partial charge in [-0.05, 0) is 18.3 Å². The van der Waals surface area contributed by atoms with Gasteiger partial charge in [-0.2, -0.15) is 5.10 Å². The second-order valence-electron chi connectivity index (χ2n) is 7.16. The molecule has 0 saturated carbocycles. The Labute approximate surface area is 146 Å². The summed E-state index contributed by atoms with van der Waals surface area (Å²) in [7, 11) is -3.68. The van der Waals surface area contributed by atoms with Crippen molar-refractivity contribution in [2.75, 3.05) is 17.9 Å². The highest BCUT2D eigenvalue weighted by atomic mass is 32.2. The first-order valence-corrected chi connectivity index (χ1v) is 10.2. The Balaban J connectivity index is 1.72. The molecule has 3 heterocycles. The molecule has 2 aromatic heterocycles. The molecule has 0 amide bonds. The Hall–Kier alpha value is -1.45. The van der Waals surface area contributed by atoms with Crippen molar-refractivity contribution in [2.45, 2.75) is 44.6 Å². The standard InChI is InChI=1S/C15H22N4O3S2/c1-15(2,3)6-11-10-23-14(17-11)18-24(20,21)13-7-16-19(8-13)12-4-5-22-9-12/h7-8,10,12H,4-6,9H2,1-3H3,(H,17,18). The normalized spacial score (nSPS) is 18.9. The van der Waals surface area contributed by atoms with Gasteiger partial charge in [0, 0.05) is 18.2 Å². The van der Waals surface area contributed by atoms with Crippen molar-refractivity contribution in [1.29, 1.82) is 0 Å². The van der Waals surface area contributed by atoms with Crippen molar-refractivity contribution >= 4 is 26.5 Å². The summed E-state index contributed by atoms with van der Waals surface area (Å²) in [5, 5.41) is 6.43. The molecule has 2 aromatic rings. The van der Waals surface area contributed by atoms with Gasteiger partial charge in [0.1, 0.15) is 4.90 Å². The summed E-state index contributed by atoms with van der Waals surface area (Å²) in [6, 6.07) is 0.104. The third-order valence-electron chi connectivity index (χ3n) is 3.65. The van der Waals surface area contributed by atoms with Crippen molar-refractivity contribution in [3.05, 3.63) is 23.5 Å². The average Bonchev–Trinajstić information content (AvgIpc) is 3.16. The van der Waals surface area contributed by atoms with E-state index in [9.17, 15) is 8.42 Å². The lowest BCUT2D eigenvalue weighted by atomic mass is 9.91. The van der Waals surface area contributed by atoms with Crippen LogP contribution in [-0.4, -0.2) is 36.4 Å². The monoisotopic (exact) mass is 370 g/mol. The number of ether oxygens (including phenoxy) is 1. The van der Waals surface area contributed by atoms with Crippen LogP contribution in [0.5, 0.6) is 0 Å². The fraction of sp³-hybridized carbons (Fsp3) is 0.600. The Kier molecular flexibility index (Phi) is 4.67. The quantitative estimate of drug-likeness (QED) is 0.874. The predicted molar refractivity (Wildman–Crippen MR) is 92.8 cm³/mol. The number of nitrogens with one attached hydrogen (secondary N) is 1. The number of hydrogen-bond donors (Lipinski definition) is 1. The molecule has 0 radical (unpaired) electrons. The van der Waals surface area contributed by atoms with Crippen LogP contribution in [0.4, 0.5) is 5.13 Å². The lowest BCUT2D eigenvalue weighted by Gasteiger charge is -2.15. The van der Waals surface area contributed by atoms with Crippen LogP contribution in [0.3, 0.4) is 0 Å². The van der Waals surface area contributed by atoms with Gasteiger partial charge in [-0.3, -0.25) is 9.40 Å². The number of nitrogens with zero attached hydrogens (tertiary/aromatic N) is 3. The van der Waals surface area contributed by atoms with Gasteiger partial charge in [-0.15, -0.1) is 11.3 Å². The van der Waals surface area contributed by atoms with Crippen LogP contribution < -0.4 is 4.72 Å². The lowest BCUT2D eigenvalue weighted by Crippen LogP contribution is -2.13. The van der Waals surface area contributed by atoms with Crippen LogP contribution in [0, 0.1) is 5.41 Å². The molecular weight excluding hydrogens is 348 g/mol. The summed E-state index contributed by atoms with van der Waals surface area (Å²) in [5.74, 6) is 0. The summed E-state index contributed by atoms with van der Waals surface area (Å²) < 4.78 is 34.5. The molecular formula is C15H22N4O3S2. The average molecular weight is 371 g/mol. The lowest BCUT2D eigenvalue weighted by molar-refractivity contribution is 0.184. The highest BCUT2D eigenvalue weighted by Gasteiger charge is 2.23. The molecule has 24 heavy (non-hydrogen) atoms. The Morgan fingerprint density at radius 3 is 2.92 bits per heavy atom. The molecule has 1 saturated heterocycles. The first-order valence-electron chi connectivity index (χ1n) is 7.82. The maximum Gasteiger partial charge on any atom is 0.266 e. The summed E-state index contributed by atoms with van der Waals surface area (Å²) in [4.78, 5) is 4.51. The number of hydrogen-bond acceptors (Lipinski definition) is 6. The highest BCUT2D eigenvalue weighted by Crippen LogP contribution is 2.26. The van der Waals surface area contributed by atoms with E-state index in [1.54, 1.807) is 10.9 Å². The van der Waals surface area contributed by atoms with Crippen LogP contribution in [0.25, 0.3) is 0 Å². The second kappa shape index (κ2) is 6.45. The number of aromatic nitrogens is 3. The fourth-order valence-electron chi connectivity index (χ4n) is 2.54. The number of sulfonamides is 1. The van der Waals surface area contributed by atoms with Gasteiger partial charge in [0.05, 0.1) is 24.5 Å². The topological polar surface area (TPSA) is 86.1 Å². The molecule has 7 nitrogen and oxygen atoms in total. The van der Waals surface area contributed by atoms with Gasteiger partial charge in [-0.1, -0.05) is 20.8 Å². The van der Waals surface area contributed by atoms with E-state index in [4.69, 9.17) is 4.74 Å². The van der Waals surface area contributed by atoms with Gasteiger partial charge in [-0.25, -0.2) is 13.4 Å². The number of thiazole rings is 1. The summed E-state index contributed by atoms with van der Waals surface area (Å²) in [6.07, 6.45) is 4.55. The van der Waals surface area contributed by atoms with Gasteiger partial charge < -0.3 is 4.74 Å². The van der Waals surface area contributed by atoms with E-state index < -0.39 is 10.0 Å². The molecule has 0 spiro atoms. The molecule has 1 aliphatic heterocycles. The van der Waals surface area contributed by atoms with E-state index in [0.29, 0.717) is 18.3 Å². The summed E-state index contributed by atoms with van der Waals surface area (Å²) >= 11 is 1.30. The van der Waals surface area contributed by atoms with E-state index >= 15 is 0 Å². The first-order chi connectivity index (χ1) is 11.2. The third-order valence-corrected chi connectivity index (χ3v) is 5.88. The number of rotatable bonds is 5. The zero-order valence-electron chi connectivity index (χ0n) is 14.0. The minimum atomic E-state index is -3.68. The van der Waals surface area contributed by atoms with Gasteiger partial charge in [0.15, 0.2) is 5.13 Å². The molecule has 1 aliphatic rings. The van der Waals surface area contributed by atoms with Crippen molar-refractivity contribution < 1.29 is 13.2 Å². The Morgan fingerprint density at radius 2 is 2.25 bits per heavy atom. The van der Waals surface area contributed by atoms with Crippen molar-refractivity contribution in [1.82, 2.24) is 14.8 Å². The molecule has 1 N–H and O–H groups in total. The Bertz CT molecular complexity index is 799. The van der Waals surface area contributed by atoms with Crippen LogP contribution >= 0.6 is 11.3 Å². The van der Waals surface area contributed by atoms with E-state index in [1.165, 1.54) is 17.5 Å². The van der Waals surface area contributed by atoms with Gasteiger partial charge in [0.2, 0.25) is 0 Å². The smallest absolute Gasteiger partial charge is 0.266 e. The van der Waals surface area contributed by atoms with Crippen LogP contribution in [-0.2, 0) is 21.2 Å². The minimum absolute atomic E-state index is 0.104. The molecule has 1 fully saturated rings. The Morgan fingerprint density at radius 1 is 1.46 bits per heavy atom. The molecule has 1 unspecified atom stereocenters. The molecule has 9 heteroatoms. The maximum atomic E-state index is 12.5. The molecule has 0 aromatic carbocycles. The zero-order chi connectivity index (χ0) is 17.4. The third kappa shape index (κ3) is 4.14. The van der Waals surface area contributed by atoms with E-state index in [1.807, 2.05) is 5.38 Å². The van der Waals surface area contributed by atoms with Crippen LogP contribution in [0.1, 0.15) is 38.9 Å². The van der Waals surface area contributed by atoms with Crippen LogP contribution in [0.15, 0.2) is 22.7 Å². The molecule has 0 aliphatic carbocycles. The zero-order valence-corrected chi connectivity index (χ0v) is 15.7. The largest absolute Gasteiger partial charge is 0.379 e.